The maximum Gasteiger partial charge on any atom is 0.279 e. The van der Waals surface area contributed by atoms with Crippen LogP contribution in [0.25, 0.3) is 0 Å². The maximum absolute atomic E-state index is 12.4. The van der Waals surface area contributed by atoms with Gasteiger partial charge in [-0.25, -0.2) is 0 Å². The molecule has 0 aromatic heterocycles. The number of nitrogens with zero attached hydrogens (tertiary/aromatic N) is 1. The van der Waals surface area contributed by atoms with Crippen molar-refractivity contribution in [3.8, 4) is 0 Å². The van der Waals surface area contributed by atoms with E-state index >= 15 is 0 Å². The lowest BCUT2D eigenvalue weighted by Crippen LogP contribution is -2.49. The van der Waals surface area contributed by atoms with Gasteiger partial charge in [0.2, 0.25) is 0 Å². The van der Waals surface area contributed by atoms with Gasteiger partial charge in [-0.3, -0.25) is 0 Å². The first-order valence-corrected chi connectivity index (χ1v) is 9.35. The first-order chi connectivity index (χ1) is 9.53. The minimum Gasteiger partial charge on any atom is -0.396 e. The average molecular weight is 306 g/mol. The van der Waals surface area contributed by atoms with Crippen LogP contribution in [0, 0.1) is 5.92 Å². The highest BCUT2D eigenvalue weighted by atomic mass is 32.2. The molecule has 0 amide bonds. The second-order valence-electron chi connectivity index (χ2n) is 5.80. The molecule has 1 aliphatic rings. The van der Waals surface area contributed by atoms with Crippen molar-refractivity contribution in [3.05, 3.63) is 0 Å². The fourth-order valence-corrected chi connectivity index (χ4v) is 4.32. The summed E-state index contributed by atoms with van der Waals surface area (Å²) in [5.41, 5.74) is 0. The molecule has 0 spiro atoms. The zero-order valence-electron chi connectivity index (χ0n) is 12.8. The van der Waals surface area contributed by atoms with Crippen LogP contribution in [-0.2, 0) is 10.2 Å². The normalized spacial score (nSPS) is 22.9. The molecule has 0 radical (unpaired) electrons. The fraction of sp³-hybridized carbons (Fsp3) is 1.00. The molecule has 0 aliphatic carbocycles. The van der Waals surface area contributed by atoms with Gasteiger partial charge < -0.3 is 5.11 Å². The van der Waals surface area contributed by atoms with Gasteiger partial charge in [0.25, 0.3) is 10.2 Å². The Bertz CT molecular complexity index is 359. The molecule has 1 saturated heterocycles. The van der Waals surface area contributed by atoms with Crippen molar-refractivity contribution in [2.75, 3.05) is 19.7 Å². The molecule has 1 aliphatic heterocycles. The van der Waals surface area contributed by atoms with E-state index in [1.807, 2.05) is 0 Å². The van der Waals surface area contributed by atoms with Crippen molar-refractivity contribution in [2.45, 2.75) is 64.8 Å². The summed E-state index contributed by atoms with van der Waals surface area (Å²) in [6, 6.07) is 0.0412. The Morgan fingerprint density at radius 3 is 2.65 bits per heavy atom. The van der Waals surface area contributed by atoms with Crippen LogP contribution in [0.2, 0.25) is 0 Å². The molecule has 2 unspecified atom stereocenters. The molecule has 120 valence electrons. The number of hydrogen-bond donors (Lipinski definition) is 2. The van der Waals surface area contributed by atoms with E-state index in [9.17, 15) is 13.5 Å². The SMILES string of the molecule is CCCCC(CCC)NS(=O)(=O)N1CCCC(CO)C1. The second-order valence-corrected chi connectivity index (χ2v) is 7.50. The van der Waals surface area contributed by atoms with Gasteiger partial charge in [0.05, 0.1) is 0 Å². The Morgan fingerprint density at radius 1 is 1.30 bits per heavy atom. The van der Waals surface area contributed by atoms with Gasteiger partial charge in [0, 0.05) is 25.7 Å². The van der Waals surface area contributed by atoms with Crippen LogP contribution in [0.3, 0.4) is 0 Å². The van der Waals surface area contributed by atoms with Crippen LogP contribution in [-0.4, -0.2) is 43.6 Å². The minimum absolute atomic E-state index is 0.0412. The van der Waals surface area contributed by atoms with Gasteiger partial charge >= 0.3 is 0 Å². The molecule has 0 aromatic carbocycles. The molecule has 1 fully saturated rings. The highest BCUT2D eigenvalue weighted by molar-refractivity contribution is 7.87. The Kier molecular flexibility index (Phi) is 8.02. The lowest BCUT2D eigenvalue weighted by molar-refractivity contribution is 0.164. The summed E-state index contributed by atoms with van der Waals surface area (Å²) in [6.07, 6.45) is 6.65. The molecule has 1 heterocycles. The molecule has 2 N–H and O–H groups in total. The van der Waals surface area contributed by atoms with Crippen molar-refractivity contribution in [3.63, 3.8) is 0 Å². The first-order valence-electron chi connectivity index (χ1n) is 7.91. The molecule has 1 rings (SSSR count). The van der Waals surface area contributed by atoms with Crippen LogP contribution in [0.15, 0.2) is 0 Å². The standard InChI is InChI=1S/C14H30N2O3S/c1-3-5-9-14(7-4-2)15-20(18,19)16-10-6-8-13(11-16)12-17/h13-15,17H,3-12H2,1-2H3. The van der Waals surface area contributed by atoms with E-state index in [2.05, 4.69) is 18.6 Å². The number of rotatable bonds is 9. The van der Waals surface area contributed by atoms with Gasteiger partial charge in [0.15, 0.2) is 0 Å². The quantitative estimate of drug-likeness (QED) is 0.683. The first kappa shape index (κ1) is 17.9. The summed E-state index contributed by atoms with van der Waals surface area (Å²) in [5.74, 6) is 0.0839. The monoisotopic (exact) mass is 306 g/mol. The predicted molar refractivity (Wildman–Crippen MR) is 81.7 cm³/mol. The highest BCUT2D eigenvalue weighted by Crippen LogP contribution is 2.19. The van der Waals surface area contributed by atoms with E-state index in [0.29, 0.717) is 13.1 Å². The molecule has 0 aromatic rings. The lowest BCUT2D eigenvalue weighted by Gasteiger charge is -2.32. The summed E-state index contributed by atoms with van der Waals surface area (Å²) in [7, 11) is -3.41. The Morgan fingerprint density at radius 2 is 2.05 bits per heavy atom. The molecule has 20 heavy (non-hydrogen) atoms. The molecule has 2 atom stereocenters. The third-order valence-electron chi connectivity index (χ3n) is 3.94. The van der Waals surface area contributed by atoms with Gasteiger partial charge in [0.1, 0.15) is 0 Å². The number of aliphatic hydroxyl groups excluding tert-OH is 1. The molecule has 6 heteroatoms. The van der Waals surface area contributed by atoms with Crippen molar-refractivity contribution in [1.82, 2.24) is 9.03 Å². The Balaban J connectivity index is 2.61. The number of unbranched alkanes of at least 4 members (excludes halogenated alkanes) is 1. The maximum atomic E-state index is 12.4. The summed E-state index contributed by atoms with van der Waals surface area (Å²) < 4.78 is 29.2. The van der Waals surface area contributed by atoms with Crippen LogP contribution in [0.5, 0.6) is 0 Å². The van der Waals surface area contributed by atoms with Gasteiger partial charge in [-0.05, 0) is 31.6 Å². The van der Waals surface area contributed by atoms with E-state index in [0.717, 1.165) is 44.9 Å². The van der Waals surface area contributed by atoms with Crippen LogP contribution >= 0.6 is 0 Å². The average Bonchev–Trinajstić information content (AvgIpc) is 2.45. The zero-order valence-corrected chi connectivity index (χ0v) is 13.7. The van der Waals surface area contributed by atoms with Crippen LogP contribution < -0.4 is 4.72 Å². The summed E-state index contributed by atoms with van der Waals surface area (Å²) in [6.45, 7) is 5.28. The number of hydrogen-bond acceptors (Lipinski definition) is 3. The number of aliphatic hydroxyl groups is 1. The van der Waals surface area contributed by atoms with E-state index in [-0.39, 0.29) is 18.6 Å². The van der Waals surface area contributed by atoms with E-state index in [1.54, 1.807) is 0 Å². The smallest absolute Gasteiger partial charge is 0.279 e. The predicted octanol–water partition coefficient (Wildman–Crippen LogP) is 1.88. The van der Waals surface area contributed by atoms with Crippen molar-refractivity contribution < 1.29 is 13.5 Å². The second kappa shape index (κ2) is 8.97. The summed E-state index contributed by atoms with van der Waals surface area (Å²) in [4.78, 5) is 0. The Hall–Kier alpha value is -0.170. The summed E-state index contributed by atoms with van der Waals surface area (Å²) in [5, 5.41) is 9.21. The number of piperidine rings is 1. The van der Waals surface area contributed by atoms with E-state index < -0.39 is 10.2 Å². The molecular formula is C14H30N2O3S. The highest BCUT2D eigenvalue weighted by Gasteiger charge is 2.29. The Labute approximate surface area is 123 Å². The van der Waals surface area contributed by atoms with Crippen molar-refractivity contribution in [1.29, 1.82) is 0 Å². The number of nitrogens with one attached hydrogen (secondary N) is 1. The topological polar surface area (TPSA) is 69.6 Å². The lowest BCUT2D eigenvalue weighted by atomic mass is 10.0. The third kappa shape index (κ3) is 5.68. The zero-order chi connectivity index (χ0) is 15.0. The van der Waals surface area contributed by atoms with Crippen LogP contribution in [0.1, 0.15) is 58.8 Å². The largest absolute Gasteiger partial charge is 0.396 e. The van der Waals surface area contributed by atoms with Gasteiger partial charge in [-0.2, -0.15) is 17.4 Å². The van der Waals surface area contributed by atoms with Gasteiger partial charge in [-0.15, -0.1) is 0 Å². The molecular weight excluding hydrogens is 276 g/mol. The minimum atomic E-state index is -3.41. The van der Waals surface area contributed by atoms with Gasteiger partial charge in [-0.1, -0.05) is 33.1 Å². The van der Waals surface area contributed by atoms with Crippen molar-refractivity contribution >= 4 is 10.2 Å². The van der Waals surface area contributed by atoms with Crippen LogP contribution in [0.4, 0.5) is 0 Å². The molecule has 5 nitrogen and oxygen atoms in total. The molecule has 0 bridgehead atoms. The third-order valence-corrected chi connectivity index (χ3v) is 5.58. The summed E-state index contributed by atoms with van der Waals surface area (Å²) >= 11 is 0. The van der Waals surface area contributed by atoms with E-state index in [4.69, 9.17) is 0 Å². The molecule has 0 saturated carbocycles. The fourth-order valence-electron chi connectivity index (χ4n) is 2.74. The van der Waals surface area contributed by atoms with E-state index in [1.165, 1.54) is 4.31 Å². The van der Waals surface area contributed by atoms with Crippen molar-refractivity contribution in [2.24, 2.45) is 5.92 Å².